The van der Waals surface area contributed by atoms with Crippen LogP contribution in [0.25, 0.3) is 21.6 Å². The van der Waals surface area contributed by atoms with Gasteiger partial charge in [0.1, 0.15) is 16.3 Å². The Hall–Kier alpha value is -2.62. The zero-order chi connectivity index (χ0) is 23.4. The first-order chi connectivity index (χ1) is 16.5. The second-order valence-electron chi connectivity index (χ2n) is 9.19. The van der Waals surface area contributed by atoms with Crippen LogP contribution in [-0.2, 0) is 4.74 Å². The van der Waals surface area contributed by atoms with Gasteiger partial charge in [0.25, 0.3) is 0 Å². The van der Waals surface area contributed by atoms with Crippen LogP contribution in [0.4, 0.5) is 9.52 Å². The average molecular weight is 499 g/mol. The molecule has 0 bridgehead atoms. The molecule has 3 aromatic heterocycles. The number of nitrogens with zero attached hydrogens (tertiary/aromatic N) is 5. The zero-order valence-electron chi connectivity index (χ0n) is 18.9. The Morgan fingerprint density at radius 3 is 2.76 bits per heavy atom. The van der Waals surface area contributed by atoms with E-state index in [1.807, 2.05) is 25.2 Å². The summed E-state index contributed by atoms with van der Waals surface area (Å²) in [6, 6.07) is 4.68. The third kappa shape index (κ3) is 3.95. The lowest BCUT2D eigenvalue weighted by molar-refractivity contribution is 0.00353. The number of nitrogens with one attached hydrogen (secondary N) is 1. The molecular formula is C24H24ClFN6OS. The average Bonchev–Trinajstić information content (AvgIpc) is 3.38. The number of halogens is 2. The van der Waals surface area contributed by atoms with Gasteiger partial charge >= 0.3 is 0 Å². The number of rotatable bonds is 5. The highest BCUT2D eigenvalue weighted by Crippen LogP contribution is 2.46. The van der Waals surface area contributed by atoms with Gasteiger partial charge in [-0.25, -0.2) is 14.4 Å². The third-order valence-electron chi connectivity index (χ3n) is 6.51. The summed E-state index contributed by atoms with van der Waals surface area (Å²) in [6.07, 6.45) is 5.77. The second-order valence-corrected chi connectivity index (χ2v) is 10.6. The van der Waals surface area contributed by atoms with Gasteiger partial charge in [-0.15, -0.1) is 0 Å². The molecule has 1 N–H and O–H groups in total. The fourth-order valence-corrected chi connectivity index (χ4v) is 5.67. The molecule has 2 atom stereocenters. The number of aromatic amines is 1. The molecule has 1 aromatic carbocycles. The number of fused-ring (bicyclic) bond motifs is 1. The summed E-state index contributed by atoms with van der Waals surface area (Å²) in [4.78, 5) is 16.4. The molecular weight excluding hydrogens is 475 g/mol. The number of ether oxygens (including phenoxy) is 1. The number of anilines is 1. The molecule has 1 saturated carbocycles. The minimum absolute atomic E-state index is 0.0594. The van der Waals surface area contributed by atoms with Crippen molar-refractivity contribution in [2.75, 3.05) is 25.6 Å². The summed E-state index contributed by atoms with van der Waals surface area (Å²) < 4.78 is 21.9. The minimum atomic E-state index is -0.407. The lowest BCUT2D eigenvalue weighted by Crippen LogP contribution is -2.21. The van der Waals surface area contributed by atoms with Crippen LogP contribution < -0.4 is 4.90 Å². The van der Waals surface area contributed by atoms with Gasteiger partial charge in [0, 0.05) is 54.4 Å². The van der Waals surface area contributed by atoms with Crippen LogP contribution in [-0.4, -0.2) is 45.9 Å². The summed E-state index contributed by atoms with van der Waals surface area (Å²) in [5.74, 6) is 0.907. The highest BCUT2D eigenvalue weighted by molar-refractivity contribution is 7.22. The van der Waals surface area contributed by atoms with Crippen molar-refractivity contribution in [3.8, 4) is 11.3 Å². The molecule has 34 heavy (non-hydrogen) atoms. The Morgan fingerprint density at radius 2 is 2.00 bits per heavy atom. The summed E-state index contributed by atoms with van der Waals surface area (Å²) in [5.41, 5.74) is 3.89. The molecule has 0 spiro atoms. The van der Waals surface area contributed by atoms with Gasteiger partial charge < -0.3 is 9.64 Å². The SMILES string of the molecule is CN(C)c1nc2nc([C@H]3CCO[C@@H](c4cn[nH]c4C4CC4)C3)nc(-c3ccc(Cl)cc3F)c2s1. The van der Waals surface area contributed by atoms with Gasteiger partial charge in [-0.2, -0.15) is 10.1 Å². The maximum atomic E-state index is 15.0. The van der Waals surface area contributed by atoms with E-state index in [2.05, 4.69) is 10.2 Å². The zero-order valence-corrected chi connectivity index (χ0v) is 20.5. The van der Waals surface area contributed by atoms with Gasteiger partial charge in [-0.05, 0) is 43.9 Å². The Morgan fingerprint density at radius 1 is 1.15 bits per heavy atom. The second kappa shape index (κ2) is 8.55. The van der Waals surface area contributed by atoms with Crippen LogP contribution in [0, 0.1) is 5.82 Å². The van der Waals surface area contributed by atoms with E-state index in [0.29, 0.717) is 40.3 Å². The maximum absolute atomic E-state index is 15.0. The van der Waals surface area contributed by atoms with Crippen molar-refractivity contribution in [1.29, 1.82) is 0 Å². The van der Waals surface area contributed by atoms with E-state index in [9.17, 15) is 4.39 Å². The van der Waals surface area contributed by atoms with Gasteiger partial charge in [0.15, 0.2) is 10.8 Å². The van der Waals surface area contributed by atoms with Gasteiger partial charge in [-0.1, -0.05) is 22.9 Å². The topological polar surface area (TPSA) is 79.8 Å². The Kier molecular flexibility index (Phi) is 5.50. The standard InChI is InChI=1S/C24H24ClFN6OS/c1-32(2)24-30-23-21(34-24)20(15-6-5-14(25)10-17(15)26)28-22(29-23)13-7-8-33-18(9-13)16-11-27-31-19(16)12-3-4-12/h5-6,10-13,18H,3-4,7-9H2,1-2H3,(H,27,31)/t13-,18+/m0/s1. The summed E-state index contributed by atoms with van der Waals surface area (Å²) in [7, 11) is 3.86. The van der Waals surface area contributed by atoms with Crippen molar-refractivity contribution < 1.29 is 9.13 Å². The van der Waals surface area contributed by atoms with Crippen LogP contribution >= 0.6 is 22.9 Å². The van der Waals surface area contributed by atoms with Gasteiger partial charge in [0.05, 0.1) is 18.0 Å². The van der Waals surface area contributed by atoms with E-state index in [1.165, 1.54) is 35.9 Å². The van der Waals surface area contributed by atoms with E-state index < -0.39 is 5.82 Å². The first-order valence-corrected chi connectivity index (χ1v) is 12.6. The molecule has 2 fully saturated rings. The molecule has 7 nitrogen and oxygen atoms in total. The molecule has 0 unspecified atom stereocenters. The van der Waals surface area contributed by atoms with Crippen molar-refractivity contribution in [2.45, 2.75) is 43.6 Å². The number of H-pyrrole nitrogens is 1. The van der Waals surface area contributed by atoms with Crippen molar-refractivity contribution in [3.63, 3.8) is 0 Å². The Labute approximate surface area is 205 Å². The van der Waals surface area contributed by atoms with E-state index >= 15 is 0 Å². The molecule has 4 aromatic rings. The van der Waals surface area contributed by atoms with Crippen LogP contribution in [0.2, 0.25) is 5.02 Å². The van der Waals surface area contributed by atoms with E-state index in [0.717, 1.165) is 28.2 Å². The Balaban J connectivity index is 1.42. The van der Waals surface area contributed by atoms with Gasteiger partial charge in [-0.3, -0.25) is 5.10 Å². The summed E-state index contributed by atoms with van der Waals surface area (Å²) in [5, 5.41) is 8.61. The molecule has 6 rings (SSSR count). The van der Waals surface area contributed by atoms with E-state index in [1.54, 1.807) is 12.1 Å². The van der Waals surface area contributed by atoms with Crippen molar-refractivity contribution in [2.24, 2.45) is 0 Å². The number of thiazole rings is 1. The predicted molar refractivity (Wildman–Crippen MR) is 131 cm³/mol. The predicted octanol–water partition coefficient (Wildman–Crippen LogP) is 5.85. The number of hydrogen-bond donors (Lipinski definition) is 1. The lowest BCUT2D eigenvalue weighted by atomic mass is 9.90. The maximum Gasteiger partial charge on any atom is 0.187 e. The molecule has 0 radical (unpaired) electrons. The number of hydrogen-bond acceptors (Lipinski definition) is 7. The normalized spacial score (nSPS) is 20.7. The van der Waals surface area contributed by atoms with Crippen LogP contribution in [0.15, 0.2) is 24.4 Å². The quantitative estimate of drug-likeness (QED) is 0.372. The first-order valence-electron chi connectivity index (χ1n) is 11.4. The molecule has 176 valence electrons. The van der Waals surface area contributed by atoms with Crippen molar-refractivity contribution in [3.05, 3.63) is 52.3 Å². The minimum Gasteiger partial charge on any atom is -0.373 e. The molecule has 1 aliphatic carbocycles. The van der Waals surface area contributed by atoms with Crippen LogP contribution in [0.1, 0.15) is 60.7 Å². The highest BCUT2D eigenvalue weighted by atomic mass is 35.5. The first kappa shape index (κ1) is 21.9. The fraction of sp³-hybridized carbons (Fsp3) is 0.417. The molecule has 0 amide bonds. The van der Waals surface area contributed by atoms with Crippen molar-refractivity contribution in [1.82, 2.24) is 25.1 Å². The number of benzene rings is 1. The summed E-state index contributed by atoms with van der Waals surface area (Å²) >= 11 is 7.47. The van der Waals surface area contributed by atoms with Gasteiger partial charge in [0.2, 0.25) is 0 Å². The smallest absolute Gasteiger partial charge is 0.187 e. The molecule has 1 aliphatic heterocycles. The molecule has 10 heteroatoms. The third-order valence-corrected chi connectivity index (χ3v) is 7.96. The van der Waals surface area contributed by atoms with E-state index in [4.69, 9.17) is 31.3 Å². The monoisotopic (exact) mass is 498 g/mol. The summed E-state index contributed by atoms with van der Waals surface area (Å²) in [6.45, 7) is 0.608. The molecule has 2 aliphatic rings. The Bertz CT molecular complexity index is 1370. The van der Waals surface area contributed by atoms with Crippen molar-refractivity contribution >= 4 is 38.4 Å². The van der Waals surface area contributed by atoms with Crippen LogP contribution in [0.3, 0.4) is 0 Å². The largest absolute Gasteiger partial charge is 0.373 e. The van der Waals surface area contributed by atoms with Crippen LogP contribution in [0.5, 0.6) is 0 Å². The molecule has 4 heterocycles. The highest BCUT2D eigenvalue weighted by Gasteiger charge is 2.34. The molecule has 1 saturated heterocycles. The fourth-order valence-electron chi connectivity index (χ4n) is 4.58. The number of aromatic nitrogens is 5. The van der Waals surface area contributed by atoms with E-state index in [-0.39, 0.29) is 12.0 Å². The lowest BCUT2D eigenvalue weighted by Gasteiger charge is -2.29.